The minimum atomic E-state index is -1.01. The van der Waals surface area contributed by atoms with Gasteiger partial charge in [0.2, 0.25) is 5.91 Å². The number of aromatic nitrogens is 2. The summed E-state index contributed by atoms with van der Waals surface area (Å²) in [5, 5.41) is 1.25. The molecule has 2 unspecified atom stereocenters. The molecule has 172 valence electrons. The van der Waals surface area contributed by atoms with Gasteiger partial charge in [-0.1, -0.05) is 59.6 Å². The molecule has 2 N–H and O–H groups in total. The van der Waals surface area contributed by atoms with Crippen LogP contribution in [0.3, 0.4) is 0 Å². The largest absolute Gasteiger partial charge is 0.336 e. The molecule has 4 aromatic rings. The fourth-order valence-electron chi connectivity index (χ4n) is 4.89. The maximum atomic E-state index is 12.8. The lowest BCUT2D eigenvalue weighted by molar-refractivity contribution is -0.118. The molecular formula is C27H24Cl2N4O. The Labute approximate surface area is 208 Å². The van der Waals surface area contributed by atoms with E-state index in [1.807, 2.05) is 79.3 Å². The summed E-state index contributed by atoms with van der Waals surface area (Å²) in [6.07, 6.45) is 3.87. The number of halogens is 2. The molecule has 2 heterocycles. The van der Waals surface area contributed by atoms with Gasteiger partial charge in [-0.2, -0.15) is 0 Å². The molecule has 0 bridgehead atoms. The zero-order chi connectivity index (χ0) is 24.0. The van der Waals surface area contributed by atoms with Crippen LogP contribution in [-0.4, -0.2) is 22.5 Å². The Morgan fingerprint density at radius 2 is 1.68 bits per heavy atom. The quantitative estimate of drug-likeness (QED) is 0.412. The summed E-state index contributed by atoms with van der Waals surface area (Å²) in [5.74, 6) is -0.0711. The highest BCUT2D eigenvalue weighted by atomic mass is 35.5. The summed E-state index contributed by atoms with van der Waals surface area (Å²) in [4.78, 5) is 18.9. The standard InChI is InChI=1S/C27H24Cl2N4O/c1-32-16-31-15-25(32)27(30,18-6-4-8-21(29)12-18)19-9-10-24-23(13-19)22(14-26(34)33(24)2)17-5-3-7-20(28)11-17/h3-13,15-16,22H,14,30H2,1-2H3. The first kappa shape index (κ1) is 22.7. The van der Waals surface area contributed by atoms with Crippen LogP contribution in [0.2, 0.25) is 10.0 Å². The average Bonchev–Trinajstić information content (AvgIpc) is 3.27. The molecule has 0 fully saturated rings. The Morgan fingerprint density at radius 1 is 0.971 bits per heavy atom. The minimum Gasteiger partial charge on any atom is -0.336 e. The van der Waals surface area contributed by atoms with Gasteiger partial charge in [-0.15, -0.1) is 0 Å². The highest BCUT2D eigenvalue weighted by Gasteiger charge is 2.38. The maximum absolute atomic E-state index is 12.8. The molecule has 5 nitrogen and oxygen atoms in total. The summed E-state index contributed by atoms with van der Waals surface area (Å²) in [6, 6.07) is 21.3. The van der Waals surface area contributed by atoms with Crippen molar-refractivity contribution in [3.8, 4) is 0 Å². The molecule has 1 aliphatic rings. The van der Waals surface area contributed by atoms with Gasteiger partial charge in [-0.3, -0.25) is 4.79 Å². The monoisotopic (exact) mass is 490 g/mol. The molecule has 0 radical (unpaired) electrons. The van der Waals surface area contributed by atoms with Gasteiger partial charge in [0, 0.05) is 42.2 Å². The summed E-state index contributed by atoms with van der Waals surface area (Å²) >= 11 is 12.7. The number of rotatable bonds is 4. The minimum absolute atomic E-state index is 0.0608. The Kier molecular flexibility index (Phi) is 5.72. The number of anilines is 1. The molecular weight excluding hydrogens is 467 g/mol. The number of hydrogen-bond donors (Lipinski definition) is 1. The predicted molar refractivity (Wildman–Crippen MR) is 136 cm³/mol. The van der Waals surface area contributed by atoms with E-state index < -0.39 is 5.54 Å². The maximum Gasteiger partial charge on any atom is 0.227 e. The number of nitrogens with two attached hydrogens (primary N) is 1. The highest BCUT2D eigenvalue weighted by Crippen LogP contribution is 2.43. The molecule has 0 spiro atoms. The first-order valence-corrected chi connectivity index (χ1v) is 11.7. The van der Waals surface area contributed by atoms with Crippen molar-refractivity contribution in [2.45, 2.75) is 17.9 Å². The van der Waals surface area contributed by atoms with Crippen LogP contribution in [0.1, 0.15) is 40.3 Å². The van der Waals surface area contributed by atoms with E-state index in [4.69, 9.17) is 28.9 Å². The van der Waals surface area contributed by atoms with Crippen LogP contribution in [0.25, 0.3) is 0 Å². The van der Waals surface area contributed by atoms with Crippen molar-refractivity contribution >= 4 is 34.8 Å². The third-order valence-corrected chi connectivity index (χ3v) is 7.19. The molecule has 34 heavy (non-hydrogen) atoms. The zero-order valence-corrected chi connectivity index (χ0v) is 20.4. The topological polar surface area (TPSA) is 64.2 Å². The van der Waals surface area contributed by atoms with E-state index in [1.54, 1.807) is 17.4 Å². The fourth-order valence-corrected chi connectivity index (χ4v) is 5.28. The number of amides is 1. The number of hydrogen-bond acceptors (Lipinski definition) is 3. The second-order valence-corrected chi connectivity index (χ2v) is 9.62. The van der Waals surface area contributed by atoms with E-state index in [2.05, 4.69) is 11.1 Å². The van der Waals surface area contributed by atoms with Crippen LogP contribution in [0.5, 0.6) is 0 Å². The van der Waals surface area contributed by atoms with Crippen LogP contribution < -0.4 is 10.6 Å². The number of fused-ring (bicyclic) bond motifs is 1. The van der Waals surface area contributed by atoms with Crippen molar-refractivity contribution in [1.82, 2.24) is 9.55 Å². The molecule has 7 heteroatoms. The second-order valence-electron chi connectivity index (χ2n) is 8.75. The zero-order valence-electron chi connectivity index (χ0n) is 18.9. The molecule has 2 atom stereocenters. The average molecular weight is 491 g/mol. The first-order chi connectivity index (χ1) is 16.3. The van der Waals surface area contributed by atoms with Gasteiger partial charge in [-0.05, 0) is 52.6 Å². The van der Waals surface area contributed by atoms with Crippen molar-refractivity contribution in [2.75, 3.05) is 11.9 Å². The summed E-state index contributed by atoms with van der Waals surface area (Å²) < 4.78 is 1.92. The lowest BCUT2D eigenvalue weighted by atomic mass is 9.77. The van der Waals surface area contributed by atoms with E-state index in [9.17, 15) is 4.79 Å². The Morgan fingerprint density at radius 3 is 2.35 bits per heavy atom. The van der Waals surface area contributed by atoms with Gasteiger partial charge < -0.3 is 15.2 Å². The Hall–Kier alpha value is -3.12. The number of imidazole rings is 1. The van der Waals surface area contributed by atoms with Crippen LogP contribution >= 0.6 is 23.2 Å². The molecule has 5 rings (SSSR count). The first-order valence-electron chi connectivity index (χ1n) is 11.0. The number of benzene rings is 3. The van der Waals surface area contributed by atoms with Crippen molar-refractivity contribution in [3.63, 3.8) is 0 Å². The van der Waals surface area contributed by atoms with E-state index in [-0.39, 0.29) is 11.8 Å². The highest BCUT2D eigenvalue weighted by molar-refractivity contribution is 6.31. The lowest BCUT2D eigenvalue weighted by Crippen LogP contribution is -2.41. The van der Waals surface area contributed by atoms with Crippen molar-refractivity contribution in [1.29, 1.82) is 0 Å². The Bertz CT molecular complexity index is 1400. The summed E-state index contributed by atoms with van der Waals surface area (Å²) in [5.41, 5.74) is 11.7. The molecule has 1 amide bonds. The van der Waals surface area contributed by atoms with E-state index in [1.165, 1.54) is 0 Å². The SMILES string of the molecule is CN1C(=O)CC(c2cccc(Cl)c2)c2cc(C(N)(c3cccc(Cl)c3)c3cncn3C)ccc21. The van der Waals surface area contributed by atoms with Crippen LogP contribution in [0, 0.1) is 0 Å². The normalized spacial score (nSPS) is 17.4. The van der Waals surface area contributed by atoms with Gasteiger partial charge in [0.1, 0.15) is 5.54 Å². The van der Waals surface area contributed by atoms with Crippen LogP contribution in [-0.2, 0) is 17.4 Å². The third kappa shape index (κ3) is 3.70. The number of nitrogens with zero attached hydrogens (tertiary/aromatic N) is 3. The molecule has 0 saturated heterocycles. The van der Waals surface area contributed by atoms with E-state index in [0.29, 0.717) is 16.5 Å². The lowest BCUT2D eigenvalue weighted by Gasteiger charge is -2.36. The fraction of sp³-hybridized carbons (Fsp3) is 0.185. The molecule has 1 aliphatic heterocycles. The number of carbonyl (C=O) groups excluding carboxylic acids is 1. The van der Waals surface area contributed by atoms with E-state index >= 15 is 0 Å². The summed E-state index contributed by atoms with van der Waals surface area (Å²) in [7, 11) is 3.73. The summed E-state index contributed by atoms with van der Waals surface area (Å²) in [6.45, 7) is 0. The van der Waals surface area contributed by atoms with Gasteiger partial charge in [0.25, 0.3) is 0 Å². The molecule has 0 aliphatic carbocycles. The third-order valence-electron chi connectivity index (χ3n) is 6.72. The number of carbonyl (C=O) groups is 1. The van der Waals surface area contributed by atoms with E-state index in [0.717, 1.165) is 33.6 Å². The second kappa shape index (κ2) is 8.58. The van der Waals surface area contributed by atoms with Crippen molar-refractivity contribution < 1.29 is 4.79 Å². The van der Waals surface area contributed by atoms with Crippen molar-refractivity contribution in [3.05, 3.63) is 117 Å². The number of aryl methyl sites for hydroxylation is 1. The van der Waals surface area contributed by atoms with Gasteiger partial charge >= 0.3 is 0 Å². The Balaban J connectivity index is 1.75. The van der Waals surface area contributed by atoms with Crippen LogP contribution in [0.15, 0.2) is 79.3 Å². The van der Waals surface area contributed by atoms with Gasteiger partial charge in [-0.25, -0.2) is 4.98 Å². The molecule has 3 aromatic carbocycles. The molecule has 1 aromatic heterocycles. The van der Waals surface area contributed by atoms with Crippen molar-refractivity contribution in [2.24, 2.45) is 12.8 Å². The predicted octanol–water partition coefficient (Wildman–Crippen LogP) is 5.48. The molecule has 0 saturated carbocycles. The smallest absolute Gasteiger partial charge is 0.227 e. The van der Waals surface area contributed by atoms with Gasteiger partial charge in [0.05, 0.1) is 18.2 Å². The van der Waals surface area contributed by atoms with Gasteiger partial charge in [0.15, 0.2) is 0 Å². The van der Waals surface area contributed by atoms with Crippen LogP contribution in [0.4, 0.5) is 5.69 Å².